The van der Waals surface area contributed by atoms with Crippen molar-refractivity contribution in [3.8, 4) is 0 Å². The molecule has 1 aromatic rings. The minimum absolute atomic E-state index is 0.00585. The lowest BCUT2D eigenvalue weighted by molar-refractivity contribution is -0.384. The largest absolute Gasteiger partial charge is 0.393 e. The molecule has 1 atom stereocenters. The Labute approximate surface area is 124 Å². The van der Waals surface area contributed by atoms with Gasteiger partial charge in [-0.25, -0.2) is 8.42 Å². The first-order valence-corrected chi connectivity index (χ1v) is 7.87. The Kier molecular flexibility index (Phi) is 4.43. The molecule has 0 bridgehead atoms. The fourth-order valence-electron chi connectivity index (χ4n) is 2.32. The van der Waals surface area contributed by atoms with Crippen molar-refractivity contribution in [1.82, 2.24) is 4.31 Å². The van der Waals surface area contributed by atoms with Crippen molar-refractivity contribution in [1.29, 1.82) is 0 Å². The molecule has 0 aromatic heterocycles. The van der Waals surface area contributed by atoms with Gasteiger partial charge in [0.1, 0.15) is 0 Å². The first-order valence-electron chi connectivity index (χ1n) is 6.43. The molecule has 6 nitrogen and oxygen atoms in total. The van der Waals surface area contributed by atoms with Crippen LogP contribution >= 0.6 is 0 Å². The van der Waals surface area contributed by atoms with Crippen molar-refractivity contribution < 1.29 is 26.5 Å². The highest BCUT2D eigenvalue weighted by atomic mass is 32.2. The zero-order valence-corrected chi connectivity index (χ0v) is 12.1. The van der Waals surface area contributed by atoms with E-state index in [2.05, 4.69) is 0 Å². The second kappa shape index (κ2) is 5.84. The lowest BCUT2D eigenvalue weighted by atomic mass is 9.99. The van der Waals surface area contributed by atoms with Gasteiger partial charge < -0.3 is 0 Å². The standard InChI is InChI=1S/C12H13F3N2O4S/c13-12(14,15)9-2-1-7-16(8-9)22(20,21)11-5-3-10(4-6-11)17(18)19/h3-6,9H,1-2,7-8H2/t9-/m0/s1. The molecule has 0 aliphatic carbocycles. The van der Waals surface area contributed by atoms with Gasteiger partial charge in [-0.05, 0) is 25.0 Å². The van der Waals surface area contributed by atoms with Crippen molar-refractivity contribution in [3.05, 3.63) is 34.4 Å². The monoisotopic (exact) mass is 338 g/mol. The number of halogens is 3. The average molecular weight is 338 g/mol. The Hall–Kier alpha value is -1.68. The Morgan fingerprint density at radius 2 is 1.82 bits per heavy atom. The number of nitrogens with zero attached hydrogens (tertiary/aromatic N) is 2. The van der Waals surface area contributed by atoms with Crippen molar-refractivity contribution >= 4 is 15.7 Å². The number of piperidine rings is 1. The van der Waals surface area contributed by atoms with Crippen LogP contribution < -0.4 is 0 Å². The van der Waals surface area contributed by atoms with Crippen LogP contribution in [0.2, 0.25) is 0 Å². The third-order valence-corrected chi connectivity index (χ3v) is 5.41. The second-order valence-electron chi connectivity index (χ2n) is 4.99. The molecule has 0 radical (unpaired) electrons. The predicted octanol–water partition coefficient (Wildman–Crippen LogP) is 2.56. The van der Waals surface area contributed by atoms with Crippen LogP contribution in [0.1, 0.15) is 12.8 Å². The molecule has 0 amide bonds. The summed E-state index contributed by atoms with van der Waals surface area (Å²) in [5, 5.41) is 10.5. The molecule has 122 valence electrons. The highest BCUT2D eigenvalue weighted by Gasteiger charge is 2.44. The summed E-state index contributed by atoms with van der Waals surface area (Å²) in [7, 11) is -4.09. The van der Waals surface area contributed by atoms with E-state index >= 15 is 0 Å². The minimum atomic E-state index is -4.44. The third kappa shape index (κ3) is 3.38. The van der Waals surface area contributed by atoms with Crippen molar-refractivity contribution in [2.24, 2.45) is 5.92 Å². The quantitative estimate of drug-likeness (QED) is 0.626. The fraction of sp³-hybridized carbons (Fsp3) is 0.500. The van der Waals surface area contributed by atoms with Crippen LogP contribution in [0.25, 0.3) is 0 Å². The molecule has 0 spiro atoms. The number of alkyl halides is 3. The first kappa shape index (κ1) is 16.7. The maximum absolute atomic E-state index is 12.8. The molecular formula is C12H13F3N2O4S. The van der Waals surface area contributed by atoms with E-state index in [-0.39, 0.29) is 30.0 Å². The van der Waals surface area contributed by atoms with Crippen LogP contribution in [0.4, 0.5) is 18.9 Å². The van der Waals surface area contributed by atoms with Crippen LogP contribution in [0.3, 0.4) is 0 Å². The maximum atomic E-state index is 12.8. The second-order valence-corrected chi connectivity index (χ2v) is 6.93. The number of rotatable bonds is 3. The molecule has 1 fully saturated rings. The van der Waals surface area contributed by atoms with E-state index in [1.807, 2.05) is 0 Å². The molecular weight excluding hydrogens is 325 g/mol. The molecule has 1 aliphatic heterocycles. The summed E-state index contributed by atoms with van der Waals surface area (Å²) in [5.74, 6) is -1.69. The summed E-state index contributed by atoms with van der Waals surface area (Å²) in [6.45, 7) is -0.616. The van der Waals surface area contributed by atoms with Crippen LogP contribution in [0.15, 0.2) is 29.2 Å². The summed E-state index contributed by atoms with van der Waals surface area (Å²) in [6.07, 6.45) is -4.42. The van der Waals surface area contributed by atoms with Crippen LogP contribution in [-0.2, 0) is 10.0 Å². The summed E-state index contributed by atoms with van der Waals surface area (Å²) < 4.78 is 63.7. The van der Waals surface area contributed by atoms with Crippen LogP contribution in [-0.4, -0.2) is 36.9 Å². The molecule has 1 saturated heterocycles. The van der Waals surface area contributed by atoms with E-state index < -0.39 is 33.6 Å². The molecule has 1 heterocycles. The van der Waals surface area contributed by atoms with E-state index in [4.69, 9.17) is 0 Å². The molecule has 10 heteroatoms. The Morgan fingerprint density at radius 1 is 1.23 bits per heavy atom. The van der Waals surface area contributed by atoms with Crippen LogP contribution in [0, 0.1) is 16.0 Å². The Morgan fingerprint density at radius 3 is 2.32 bits per heavy atom. The van der Waals surface area contributed by atoms with E-state index in [1.54, 1.807) is 0 Å². The van der Waals surface area contributed by atoms with Crippen LogP contribution in [0.5, 0.6) is 0 Å². The third-order valence-electron chi connectivity index (χ3n) is 3.53. The SMILES string of the molecule is O=[N+]([O-])c1ccc(S(=O)(=O)N2CCC[C@H](C(F)(F)F)C2)cc1. The lowest BCUT2D eigenvalue weighted by Gasteiger charge is -2.32. The summed E-state index contributed by atoms with van der Waals surface area (Å²) in [6, 6.07) is 4.09. The van der Waals surface area contributed by atoms with Gasteiger partial charge >= 0.3 is 6.18 Å². The van der Waals surface area contributed by atoms with Crippen molar-refractivity contribution in [2.75, 3.05) is 13.1 Å². The predicted molar refractivity (Wildman–Crippen MR) is 70.6 cm³/mol. The van der Waals surface area contributed by atoms with E-state index in [9.17, 15) is 31.7 Å². The van der Waals surface area contributed by atoms with Gasteiger partial charge in [0.15, 0.2) is 0 Å². The fourth-order valence-corrected chi connectivity index (χ4v) is 3.84. The van der Waals surface area contributed by atoms with E-state index in [0.29, 0.717) is 0 Å². The van der Waals surface area contributed by atoms with Crippen molar-refractivity contribution in [2.45, 2.75) is 23.9 Å². The number of sulfonamides is 1. The van der Waals surface area contributed by atoms with Gasteiger partial charge in [0.25, 0.3) is 5.69 Å². The van der Waals surface area contributed by atoms with Gasteiger partial charge in [0.2, 0.25) is 10.0 Å². The molecule has 2 rings (SSSR count). The van der Waals surface area contributed by atoms with E-state index in [1.165, 1.54) is 0 Å². The van der Waals surface area contributed by atoms with Gasteiger partial charge in [0, 0.05) is 25.2 Å². The van der Waals surface area contributed by atoms with Crippen molar-refractivity contribution in [3.63, 3.8) is 0 Å². The summed E-state index contributed by atoms with van der Waals surface area (Å²) >= 11 is 0. The molecule has 0 unspecified atom stereocenters. The molecule has 0 saturated carbocycles. The minimum Gasteiger partial charge on any atom is -0.258 e. The van der Waals surface area contributed by atoms with Gasteiger partial charge in [0.05, 0.1) is 15.7 Å². The number of hydrogen-bond donors (Lipinski definition) is 0. The summed E-state index contributed by atoms with van der Waals surface area (Å²) in [4.78, 5) is 9.60. The normalized spacial score (nSPS) is 20.8. The van der Waals surface area contributed by atoms with Gasteiger partial charge in [-0.3, -0.25) is 10.1 Å². The van der Waals surface area contributed by atoms with Gasteiger partial charge in [-0.2, -0.15) is 17.5 Å². The highest BCUT2D eigenvalue weighted by Crippen LogP contribution is 2.35. The molecule has 1 aromatic carbocycles. The molecule has 1 aliphatic rings. The number of non-ortho nitro benzene ring substituents is 1. The Balaban J connectivity index is 2.24. The maximum Gasteiger partial charge on any atom is 0.393 e. The number of hydrogen-bond acceptors (Lipinski definition) is 4. The molecule has 22 heavy (non-hydrogen) atoms. The number of benzene rings is 1. The number of nitro groups is 1. The van der Waals surface area contributed by atoms with Gasteiger partial charge in [-0.1, -0.05) is 0 Å². The van der Waals surface area contributed by atoms with Gasteiger partial charge in [-0.15, -0.1) is 0 Å². The first-order chi connectivity index (χ1) is 10.1. The smallest absolute Gasteiger partial charge is 0.258 e. The lowest BCUT2D eigenvalue weighted by Crippen LogP contribution is -2.44. The number of nitro benzene ring substituents is 1. The summed E-state index contributed by atoms with van der Waals surface area (Å²) in [5.41, 5.74) is -0.286. The topological polar surface area (TPSA) is 80.5 Å². The molecule has 0 N–H and O–H groups in total. The average Bonchev–Trinajstić information content (AvgIpc) is 2.46. The Bertz CT molecular complexity index is 658. The van der Waals surface area contributed by atoms with E-state index in [0.717, 1.165) is 28.6 Å². The highest BCUT2D eigenvalue weighted by molar-refractivity contribution is 7.89. The zero-order chi connectivity index (χ0) is 16.5. The zero-order valence-electron chi connectivity index (χ0n) is 11.3.